The largest absolute Gasteiger partial charge is 0.306 e. The fraction of sp³-hybridized carbons (Fsp3) is 0.333. The third kappa shape index (κ3) is 1.65. The van der Waals surface area contributed by atoms with Gasteiger partial charge < -0.3 is 5.32 Å². The molecular formula is C12H15N. The summed E-state index contributed by atoms with van der Waals surface area (Å²) < 4.78 is 0. The van der Waals surface area contributed by atoms with Crippen molar-refractivity contribution < 1.29 is 0 Å². The Morgan fingerprint density at radius 2 is 2.23 bits per heavy atom. The lowest BCUT2D eigenvalue weighted by Crippen LogP contribution is -2.28. The molecule has 0 saturated heterocycles. The molecule has 1 atom stereocenters. The van der Waals surface area contributed by atoms with Crippen molar-refractivity contribution in [2.45, 2.75) is 19.4 Å². The van der Waals surface area contributed by atoms with E-state index in [2.05, 4.69) is 48.7 Å². The molecule has 1 heteroatoms. The average molecular weight is 173 g/mol. The number of benzene rings is 1. The predicted molar refractivity (Wildman–Crippen MR) is 55.7 cm³/mol. The average Bonchev–Trinajstić information content (AvgIpc) is 2.19. The number of hydrogen-bond donors (Lipinski definition) is 1. The minimum atomic E-state index is 0.426. The summed E-state index contributed by atoms with van der Waals surface area (Å²) in [4.78, 5) is 0. The monoisotopic (exact) mass is 173 g/mol. The van der Waals surface area contributed by atoms with E-state index in [4.69, 9.17) is 0 Å². The van der Waals surface area contributed by atoms with Crippen molar-refractivity contribution in [1.82, 2.24) is 5.32 Å². The van der Waals surface area contributed by atoms with Crippen LogP contribution in [0.2, 0.25) is 0 Å². The van der Waals surface area contributed by atoms with Crippen molar-refractivity contribution in [3.05, 3.63) is 47.5 Å². The fourth-order valence-electron chi connectivity index (χ4n) is 1.90. The predicted octanol–water partition coefficient (Wildman–Crippen LogP) is 2.45. The normalized spacial score (nSPS) is 21.8. The van der Waals surface area contributed by atoms with Gasteiger partial charge in [0.2, 0.25) is 0 Å². The second-order valence-electron chi connectivity index (χ2n) is 3.41. The summed E-state index contributed by atoms with van der Waals surface area (Å²) in [7, 11) is 0. The van der Waals surface area contributed by atoms with Crippen LogP contribution in [0.1, 0.15) is 24.1 Å². The highest BCUT2D eigenvalue weighted by atomic mass is 14.9. The van der Waals surface area contributed by atoms with Crippen molar-refractivity contribution in [3.8, 4) is 0 Å². The van der Waals surface area contributed by atoms with Crippen LogP contribution in [0.25, 0.3) is 0 Å². The lowest BCUT2D eigenvalue weighted by molar-refractivity contribution is 0.581. The van der Waals surface area contributed by atoms with Crippen LogP contribution in [0, 0.1) is 0 Å². The highest BCUT2D eigenvalue weighted by Gasteiger charge is 2.15. The number of rotatable bonds is 1. The van der Waals surface area contributed by atoms with Gasteiger partial charge in [0.1, 0.15) is 0 Å². The van der Waals surface area contributed by atoms with E-state index < -0.39 is 0 Å². The fourth-order valence-corrected chi connectivity index (χ4v) is 1.90. The van der Waals surface area contributed by atoms with E-state index in [1.807, 2.05) is 0 Å². The number of fused-ring (bicyclic) bond motifs is 1. The Labute approximate surface area is 79.5 Å². The van der Waals surface area contributed by atoms with Crippen molar-refractivity contribution in [2.75, 3.05) is 6.54 Å². The van der Waals surface area contributed by atoms with E-state index in [0.717, 1.165) is 13.0 Å². The van der Waals surface area contributed by atoms with Crippen molar-refractivity contribution in [2.24, 2.45) is 0 Å². The molecule has 0 aromatic heterocycles. The number of nitrogens with one attached hydrogen (secondary N) is 1. The van der Waals surface area contributed by atoms with Crippen molar-refractivity contribution >= 4 is 0 Å². The van der Waals surface area contributed by atoms with Gasteiger partial charge >= 0.3 is 0 Å². The van der Waals surface area contributed by atoms with Gasteiger partial charge in [-0.1, -0.05) is 36.4 Å². The molecule has 0 unspecified atom stereocenters. The molecule has 0 fully saturated rings. The van der Waals surface area contributed by atoms with E-state index in [1.165, 1.54) is 11.1 Å². The Balaban J connectivity index is 2.36. The first-order valence-corrected chi connectivity index (χ1v) is 4.86. The molecule has 0 amide bonds. The molecule has 1 aromatic carbocycles. The minimum Gasteiger partial charge on any atom is -0.306 e. The molecule has 1 N–H and O–H groups in total. The lowest BCUT2D eigenvalue weighted by atomic mass is 9.94. The first kappa shape index (κ1) is 8.52. The molecule has 2 rings (SSSR count). The van der Waals surface area contributed by atoms with Gasteiger partial charge in [-0.15, -0.1) is 0 Å². The maximum atomic E-state index is 3.49. The van der Waals surface area contributed by atoms with Crippen molar-refractivity contribution in [1.29, 1.82) is 0 Å². The summed E-state index contributed by atoms with van der Waals surface area (Å²) in [6.45, 7) is 3.16. The van der Waals surface area contributed by atoms with E-state index >= 15 is 0 Å². The molecular weight excluding hydrogens is 158 g/mol. The molecule has 0 spiro atoms. The van der Waals surface area contributed by atoms with Gasteiger partial charge in [0, 0.05) is 6.54 Å². The third-order valence-corrected chi connectivity index (χ3v) is 2.53. The standard InChI is InChI=1S/C12H15N/c1-2-5-12-11-7-4-3-6-10(11)8-9-13-12/h2-7,12-13H,8-9H2,1H3/t12-/m0/s1. The van der Waals surface area contributed by atoms with Gasteiger partial charge in [-0.05, 0) is 24.5 Å². The molecule has 1 aliphatic rings. The van der Waals surface area contributed by atoms with Crippen LogP contribution in [0.5, 0.6) is 0 Å². The van der Waals surface area contributed by atoms with E-state index in [0.29, 0.717) is 6.04 Å². The summed E-state index contributed by atoms with van der Waals surface area (Å²) in [6, 6.07) is 9.10. The van der Waals surface area contributed by atoms with Crippen LogP contribution >= 0.6 is 0 Å². The maximum absolute atomic E-state index is 3.49. The zero-order chi connectivity index (χ0) is 9.10. The molecule has 1 aliphatic heterocycles. The number of hydrogen-bond acceptors (Lipinski definition) is 1. The van der Waals surface area contributed by atoms with Crippen LogP contribution in [-0.4, -0.2) is 6.54 Å². The Bertz CT molecular complexity index is 315. The minimum absolute atomic E-state index is 0.426. The molecule has 0 radical (unpaired) electrons. The Morgan fingerprint density at radius 1 is 1.38 bits per heavy atom. The number of allylic oxidation sites excluding steroid dienone is 1. The van der Waals surface area contributed by atoms with Crippen LogP contribution < -0.4 is 5.32 Å². The molecule has 0 bridgehead atoms. The van der Waals surface area contributed by atoms with E-state index in [1.54, 1.807) is 0 Å². The smallest absolute Gasteiger partial charge is 0.0509 e. The van der Waals surface area contributed by atoms with Crippen LogP contribution in [0.15, 0.2) is 36.4 Å². The Hall–Kier alpha value is -1.08. The molecule has 1 heterocycles. The highest BCUT2D eigenvalue weighted by molar-refractivity contribution is 5.34. The first-order chi connectivity index (χ1) is 6.42. The van der Waals surface area contributed by atoms with Crippen LogP contribution in [-0.2, 0) is 6.42 Å². The molecule has 1 aromatic rings. The first-order valence-electron chi connectivity index (χ1n) is 4.86. The zero-order valence-electron chi connectivity index (χ0n) is 7.96. The second kappa shape index (κ2) is 3.75. The van der Waals surface area contributed by atoms with Gasteiger partial charge in [-0.2, -0.15) is 0 Å². The maximum Gasteiger partial charge on any atom is 0.0509 e. The topological polar surface area (TPSA) is 12.0 Å². The quantitative estimate of drug-likeness (QED) is 0.643. The molecule has 13 heavy (non-hydrogen) atoms. The van der Waals surface area contributed by atoms with Gasteiger partial charge in [-0.3, -0.25) is 0 Å². The zero-order valence-corrected chi connectivity index (χ0v) is 7.96. The summed E-state index contributed by atoms with van der Waals surface area (Å²) in [5.41, 5.74) is 2.93. The summed E-state index contributed by atoms with van der Waals surface area (Å²) in [5, 5.41) is 3.49. The van der Waals surface area contributed by atoms with Crippen LogP contribution in [0.3, 0.4) is 0 Å². The summed E-state index contributed by atoms with van der Waals surface area (Å²) in [5.74, 6) is 0. The van der Waals surface area contributed by atoms with Crippen molar-refractivity contribution in [3.63, 3.8) is 0 Å². The molecule has 1 nitrogen and oxygen atoms in total. The molecule has 0 aliphatic carbocycles. The second-order valence-corrected chi connectivity index (χ2v) is 3.41. The van der Waals surface area contributed by atoms with E-state index in [9.17, 15) is 0 Å². The highest BCUT2D eigenvalue weighted by Crippen LogP contribution is 2.23. The Morgan fingerprint density at radius 3 is 3.08 bits per heavy atom. The van der Waals surface area contributed by atoms with Gasteiger partial charge in [-0.25, -0.2) is 0 Å². The molecule has 0 saturated carbocycles. The van der Waals surface area contributed by atoms with E-state index in [-0.39, 0.29) is 0 Å². The SMILES string of the molecule is CC=C[C@@H]1NCCc2ccccc21. The molecule has 68 valence electrons. The Kier molecular flexibility index (Phi) is 2.46. The van der Waals surface area contributed by atoms with Gasteiger partial charge in [0.05, 0.1) is 6.04 Å². The van der Waals surface area contributed by atoms with Gasteiger partial charge in [0.15, 0.2) is 0 Å². The van der Waals surface area contributed by atoms with Crippen LogP contribution in [0.4, 0.5) is 0 Å². The third-order valence-electron chi connectivity index (χ3n) is 2.53. The summed E-state index contributed by atoms with van der Waals surface area (Å²) in [6.07, 6.45) is 5.49. The van der Waals surface area contributed by atoms with Gasteiger partial charge in [0.25, 0.3) is 0 Å². The lowest BCUT2D eigenvalue weighted by Gasteiger charge is -2.24. The summed E-state index contributed by atoms with van der Waals surface area (Å²) >= 11 is 0.